The van der Waals surface area contributed by atoms with Gasteiger partial charge in [0.05, 0.1) is 42.2 Å². The van der Waals surface area contributed by atoms with Gasteiger partial charge in [-0.05, 0) is 48.4 Å². The number of ether oxygens (including phenoxy) is 2. The number of esters is 2. The zero-order valence-corrected chi connectivity index (χ0v) is 22.0. The summed E-state index contributed by atoms with van der Waals surface area (Å²) in [6.45, 7) is 1.89. The van der Waals surface area contributed by atoms with Crippen molar-refractivity contribution in [3.8, 4) is 6.07 Å². The van der Waals surface area contributed by atoms with Crippen LogP contribution in [-0.4, -0.2) is 43.7 Å². The first-order valence-electron chi connectivity index (χ1n) is 10.6. The van der Waals surface area contributed by atoms with Crippen LogP contribution in [0, 0.1) is 24.2 Å². The lowest BCUT2D eigenvalue weighted by atomic mass is 9.78. The van der Waals surface area contributed by atoms with Crippen LogP contribution in [0.3, 0.4) is 0 Å². The van der Waals surface area contributed by atoms with Crippen molar-refractivity contribution in [2.24, 2.45) is 5.92 Å². The Morgan fingerprint density at radius 2 is 1.83 bits per heavy atom. The molecule has 0 unspecified atom stereocenters. The van der Waals surface area contributed by atoms with Gasteiger partial charge in [-0.3, -0.25) is 14.4 Å². The van der Waals surface area contributed by atoms with E-state index >= 15 is 0 Å². The van der Waals surface area contributed by atoms with E-state index < -0.39 is 29.7 Å². The molecule has 186 valence electrons. The normalized spacial score (nSPS) is 17.0. The second-order valence-corrected chi connectivity index (χ2v) is 9.58. The van der Waals surface area contributed by atoms with Crippen molar-refractivity contribution in [1.82, 2.24) is 5.32 Å². The number of rotatable bonds is 7. The van der Waals surface area contributed by atoms with E-state index in [2.05, 4.69) is 32.6 Å². The van der Waals surface area contributed by atoms with Crippen LogP contribution in [0.2, 0.25) is 0 Å². The van der Waals surface area contributed by atoms with Crippen molar-refractivity contribution < 1.29 is 28.7 Å². The van der Waals surface area contributed by atoms with Gasteiger partial charge in [0.2, 0.25) is 11.8 Å². The average Bonchev–Trinajstić information content (AvgIpc) is 2.88. The van der Waals surface area contributed by atoms with Gasteiger partial charge in [0.15, 0.2) is 0 Å². The van der Waals surface area contributed by atoms with E-state index in [0.29, 0.717) is 11.3 Å². The number of carbonyl (C=O) groups excluding carboxylic acids is 4. The van der Waals surface area contributed by atoms with Crippen LogP contribution in [0.1, 0.15) is 27.4 Å². The van der Waals surface area contributed by atoms with Crippen molar-refractivity contribution in [3.63, 3.8) is 0 Å². The molecule has 36 heavy (non-hydrogen) atoms. The maximum absolute atomic E-state index is 12.9. The predicted molar refractivity (Wildman–Crippen MR) is 137 cm³/mol. The van der Waals surface area contributed by atoms with Crippen molar-refractivity contribution in [3.05, 3.63) is 74.2 Å². The lowest BCUT2D eigenvalue weighted by Gasteiger charge is -2.31. The Morgan fingerprint density at radius 1 is 1.14 bits per heavy atom. The molecule has 0 spiro atoms. The van der Waals surface area contributed by atoms with Crippen molar-refractivity contribution >= 4 is 57.1 Å². The van der Waals surface area contributed by atoms with Crippen molar-refractivity contribution in [2.75, 3.05) is 25.3 Å². The first-order chi connectivity index (χ1) is 17.2. The molecule has 2 N–H and O–H groups in total. The van der Waals surface area contributed by atoms with Gasteiger partial charge >= 0.3 is 11.9 Å². The van der Waals surface area contributed by atoms with E-state index in [1.54, 1.807) is 18.2 Å². The highest BCUT2D eigenvalue weighted by Crippen LogP contribution is 2.40. The number of hydrogen-bond donors (Lipinski definition) is 2. The summed E-state index contributed by atoms with van der Waals surface area (Å²) in [7, 11) is 2.41. The number of allylic oxidation sites excluding steroid dienone is 1. The number of carbonyl (C=O) groups is 4. The van der Waals surface area contributed by atoms with Gasteiger partial charge in [-0.15, -0.1) is 0 Å². The van der Waals surface area contributed by atoms with E-state index in [1.807, 2.05) is 19.1 Å². The molecule has 1 aliphatic heterocycles. The average molecular weight is 572 g/mol. The molecule has 0 bridgehead atoms. The second-order valence-electron chi connectivity index (χ2n) is 7.74. The lowest BCUT2D eigenvalue weighted by molar-refractivity contribution is -0.150. The smallest absolute Gasteiger partial charge is 0.337 e. The summed E-state index contributed by atoms with van der Waals surface area (Å²) >= 11 is 4.39. The fourth-order valence-electron chi connectivity index (χ4n) is 3.68. The Kier molecular flexibility index (Phi) is 8.90. The minimum absolute atomic E-state index is 0.0905. The first-order valence-corrected chi connectivity index (χ1v) is 12.4. The Hall–Kier alpha value is -3.62. The molecule has 2 amide bonds. The van der Waals surface area contributed by atoms with Crippen LogP contribution in [0.4, 0.5) is 5.69 Å². The Labute approximate surface area is 220 Å². The summed E-state index contributed by atoms with van der Waals surface area (Å²) in [5.74, 6) is -4.74. The zero-order chi connectivity index (χ0) is 26.4. The fraction of sp³-hybridized carbons (Fsp3) is 0.240. The minimum atomic E-state index is -1.32. The number of amides is 2. The van der Waals surface area contributed by atoms with Crippen molar-refractivity contribution in [1.29, 1.82) is 5.26 Å². The number of benzene rings is 2. The summed E-state index contributed by atoms with van der Waals surface area (Å²) in [5, 5.41) is 15.5. The number of nitrogens with one attached hydrogen (secondary N) is 2. The SMILES string of the molecule is COC(=O)c1ccc([C@H]2C(C#N)=C(SCC(=O)Nc3ccc(Br)c(C)c3)NC(=O)[C@@H]2C(=O)OC)cc1. The third kappa shape index (κ3) is 5.95. The number of aryl methyl sites for hydroxylation is 1. The number of hydrogen-bond acceptors (Lipinski definition) is 8. The molecular formula is C25H22BrN3O6S. The van der Waals surface area contributed by atoms with Crippen LogP contribution in [0.5, 0.6) is 0 Å². The van der Waals surface area contributed by atoms with Crippen LogP contribution in [0.15, 0.2) is 57.5 Å². The van der Waals surface area contributed by atoms with Gasteiger partial charge in [-0.1, -0.05) is 39.8 Å². The van der Waals surface area contributed by atoms with E-state index in [1.165, 1.54) is 19.2 Å². The fourth-order valence-corrected chi connectivity index (χ4v) is 4.78. The molecule has 1 heterocycles. The van der Waals surface area contributed by atoms with Crippen molar-refractivity contribution in [2.45, 2.75) is 12.8 Å². The highest BCUT2D eigenvalue weighted by atomic mass is 79.9. The lowest BCUT2D eigenvalue weighted by Crippen LogP contribution is -2.44. The standard InChI is InChI=1S/C25H22BrN3O6S/c1-13-10-16(8-9-18(13)26)28-19(30)12-36-23-17(11-27)20(21(22(31)29-23)25(33)35-3)14-4-6-15(7-5-14)24(32)34-2/h4-10,20-21H,12H2,1-3H3,(H,28,30)(H,29,31)/t20-,21+/m0/s1. The molecule has 2 atom stereocenters. The molecule has 0 aliphatic carbocycles. The summed E-state index contributed by atoms with van der Waals surface area (Å²) in [5.41, 5.74) is 2.39. The summed E-state index contributed by atoms with van der Waals surface area (Å²) in [4.78, 5) is 49.8. The molecule has 0 radical (unpaired) electrons. The number of anilines is 1. The number of thioether (sulfide) groups is 1. The third-order valence-electron chi connectivity index (χ3n) is 5.46. The monoisotopic (exact) mass is 571 g/mol. The van der Waals surface area contributed by atoms with Gasteiger partial charge < -0.3 is 20.1 Å². The van der Waals surface area contributed by atoms with Gasteiger partial charge in [0, 0.05) is 16.1 Å². The summed E-state index contributed by atoms with van der Waals surface area (Å²) in [6, 6.07) is 13.5. The van der Waals surface area contributed by atoms with Gasteiger partial charge in [-0.2, -0.15) is 5.26 Å². The number of nitriles is 1. The largest absolute Gasteiger partial charge is 0.468 e. The topological polar surface area (TPSA) is 135 Å². The highest BCUT2D eigenvalue weighted by molar-refractivity contribution is 9.10. The first kappa shape index (κ1) is 27.0. The minimum Gasteiger partial charge on any atom is -0.468 e. The molecule has 2 aromatic carbocycles. The quantitative estimate of drug-likeness (QED) is 0.379. The second kappa shape index (κ2) is 11.9. The number of halogens is 1. The molecule has 0 saturated carbocycles. The molecule has 0 saturated heterocycles. The van der Waals surface area contributed by atoms with Gasteiger partial charge in [0.1, 0.15) is 5.92 Å². The van der Waals surface area contributed by atoms with Gasteiger partial charge in [0.25, 0.3) is 0 Å². The Balaban J connectivity index is 1.90. The molecule has 11 heteroatoms. The maximum Gasteiger partial charge on any atom is 0.337 e. The van der Waals surface area contributed by atoms with E-state index in [-0.39, 0.29) is 27.8 Å². The summed E-state index contributed by atoms with van der Waals surface area (Å²) < 4.78 is 10.4. The summed E-state index contributed by atoms with van der Waals surface area (Å²) in [6.07, 6.45) is 0. The Bertz CT molecular complexity index is 1290. The number of methoxy groups -OCH3 is 2. The van der Waals surface area contributed by atoms with E-state index in [0.717, 1.165) is 28.9 Å². The number of nitrogens with zero attached hydrogens (tertiary/aromatic N) is 1. The molecule has 9 nitrogen and oxygen atoms in total. The molecule has 2 aromatic rings. The van der Waals surface area contributed by atoms with Crippen LogP contribution in [0.25, 0.3) is 0 Å². The molecular weight excluding hydrogens is 550 g/mol. The molecule has 3 rings (SSSR count). The molecule has 1 aliphatic rings. The molecule has 0 fully saturated rings. The maximum atomic E-state index is 12.9. The predicted octanol–water partition coefficient (Wildman–Crippen LogP) is 3.65. The van der Waals surface area contributed by atoms with Crippen LogP contribution >= 0.6 is 27.7 Å². The van der Waals surface area contributed by atoms with E-state index in [4.69, 9.17) is 9.47 Å². The van der Waals surface area contributed by atoms with Crippen LogP contribution < -0.4 is 10.6 Å². The van der Waals surface area contributed by atoms with Gasteiger partial charge in [-0.25, -0.2) is 4.79 Å². The zero-order valence-electron chi connectivity index (χ0n) is 19.6. The van der Waals surface area contributed by atoms with E-state index in [9.17, 15) is 24.4 Å². The molecule has 0 aromatic heterocycles. The van der Waals surface area contributed by atoms with Crippen LogP contribution in [-0.2, 0) is 23.9 Å². The Morgan fingerprint density at radius 3 is 2.42 bits per heavy atom. The third-order valence-corrected chi connectivity index (χ3v) is 7.37. The highest BCUT2D eigenvalue weighted by Gasteiger charge is 2.44.